The molecule has 4 N–H and O–H groups in total. The van der Waals surface area contributed by atoms with Crippen molar-refractivity contribution in [3.63, 3.8) is 0 Å². The highest BCUT2D eigenvalue weighted by atomic mass is 16.2. The smallest absolute Gasteiger partial charge is 0.264 e. The van der Waals surface area contributed by atoms with Gasteiger partial charge in [0.05, 0.1) is 22.3 Å². The molecule has 2 atom stereocenters. The Morgan fingerprint density at radius 2 is 1.04 bits per heavy atom. The first-order chi connectivity index (χ1) is 23.6. The van der Waals surface area contributed by atoms with Crippen molar-refractivity contribution in [2.24, 2.45) is 0 Å². The van der Waals surface area contributed by atoms with E-state index in [2.05, 4.69) is 21.3 Å². The molecular weight excluding hydrogens is 632 g/mol. The van der Waals surface area contributed by atoms with Crippen molar-refractivity contribution < 1.29 is 38.4 Å². The highest BCUT2D eigenvalue weighted by Crippen LogP contribution is 2.34. The van der Waals surface area contributed by atoms with Crippen LogP contribution >= 0.6 is 0 Å². The zero-order chi connectivity index (χ0) is 34.4. The van der Waals surface area contributed by atoms with Crippen molar-refractivity contribution in [3.05, 3.63) is 94.0 Å². The number of imide groups is 4. The quantitative estimate of drug-likeness (QED) is 0.246. The van der Waals surface area contributed by atoms with Crippen molar-refractivity contribution in [2.45, 2.75) is 50.7 Å². The van der Waals surface area contributed by atoms with Gasteiger partial charge in [0, 0.05) is 37.3 Å². The van der Waals surface area contributed by atoms with Crippen molar-refractivity contribution in [1.29, 1.82) is 0 Å². The molecule has 3 aromatic carbocycles. The second kappa shape index (κ2) is 12.4. The maximum absolute atomic E-state index is 13.4. The number of piperidine rings is 2. The summed E-state index contributed by atoms with van der Waals surface area (Å²) in [5.74, 6) is -4.48. The van der Waals surface area contributed by atoms with Crippen molar-refractivity contribution in [2.75, 3.05) is 17.2 Å². The lowest BCUT2D eigenvalue weighted by Crippen LogP contribution is -2.54. The Labute approximate surface area is 279 Å². The molecular formula is C35H30N6O8. The maximum Gasteiger partial charge on any atom is 0.264 e. The molecule has 2 saturated heterocycles. The Balaban J connectivity index is 0.964. The normalized spacial score (nSPS) is 20.3. The number of hydrogen-bond acceptors (Lipinski definition) is 10. The zero-order valence-corrected chi connectivity index (χ0v) is 26.0. The van der Waals surface area contributed by atoms with Crippen molar-refractivity contribution in [3.8, 4) is 0 Å². The van der Waals surface area contributed by atoms with Gasteiger partial charge in [-0.1, -0.05) is 36.4 Å². The fourth-order valence-corrected chi connectivity index (χ4v) is 6.69. The molecule has 14 nitrogen and oxygen atoms in total. The van der Waals surface area contributed by atoms with E-state index in [9.17, 15) is 38.4 Å². The second-order valence-corrected chi connectivity index (χ2v) is 12.2. The average Bonchev–Trinajstić information content (AvgIpc) is 3.49. The minimum atomic E-state index is -1.04. The Morgan fingerprint density at radius 3 is 1.53 bits per heavy atom. The molecule has 7 rings (SSSR count). The van der Waals surface area contributed by atoms with Gasteiger partial charge >= 0.3 is 0 Å². The Morgan fingerprint density at radius 1 is 0.571 bits per heavy atom. The predicted molar refractivity (Wildman–Crippen MR) is 172 cm³/mol. The lowest BCUT2D eigenvalue weighted by molar-refractivity contribution is -0.137. The van der Waals surface area contributed by atoms with Gasteiger partial charge in [-0.25, -0.2) is 0 Å². The molecule has 4 heterocycles. The number of nitrogens with one attached hydrogen (secondary N) is 4. The largest absolute Gasteiger partial charge is 0.384 e. The van der Waals surface area contributed by atoms with Crippen molar-refractivity contribution in [1.82, 2.24) is 20.4 Å². The van der Waals surface area contributed by atoms with Crippen LogP contribution in [0.5, 0.6) is 0 Å². The summed E-state index contributed by atoms with van der Waals surface area (Å²) in [7, 11) is 0. The molecule has 2 unspecified atom stereocenters. The van der Waals surface area contributed by atoms with Gasteiger partial charge in [0.1, 0.15) is 12.1 Å². The molecule has 49 heavy (non-hydrogen) atoms. The molecule has 248 valence electrons. The summed E-state index contributed by atoms with van der Waals surface area (Å²) in [6.07, 6.45) is 0.842. The van der Waals surface area contributed by atoms with E-state index in [0.29, 0.717) is 30.9 Å². The summed E-state index contributed by atoms with van der Waals surface area (Å²) in [5.41, 5.74) is 3.63. The average molecular weight is 663 g/mol. The lowest BCUT2D eigenvalue weighted by atomic mass is 10.0. The number of rotatable bonds is 9. The van der Waals surface area contributed by atoms with Crippen LogP contribution in [0.3, 0.4) is 0 Å². The van der Waals surface area contributed by atoms with E-state index in [-0.39, 0.29) is 47.9 Å². The van der Waals surface area contributed by atoms with E-state index < -0.39 is 59.3 Å². The number of fused-ring (bicyclic) bond motifs is 2. The van der Waals surface area contributed by atoms with Gasteiger partial charge < -0.3 is 10.6 Å². The topological polar surface area (TPSA) is 191 Å². The van der Waals surface area contributed by atoms with E-state index in [1.807, 2.05) is 24.3 Å². The third-order valence-corrected chi connectivity index (χ3v) is 9.17. The molecule has 0 saturated carbocycles. The number of hydrogen-bond donors (Lipinski definition) is 4. The Bertz CT molecular complexity index is 1990. The molecule has 2 fully saturated rings. The summed E-state index contributed by atoms with van der Waals surface area (Å²) in [4.78, 5) is 103. The maximum atomic E-state index is 13.4. The van der Waals surface area contributed by atoms with Crippen LogP contribution in [0.15, 0.2) is 60.7 Å². The number of nitrogens with zero attached hydrogens (tertiary/aromatic N) is 2. The summed E-state index contributed by atoms with van der Waals surface area (Å²) < 4.78 is 0. The number of benzene rings is 3. The van der Waals surface area contributed by atoms with Gasteiger partial charge in [-0.2, -0.15) is 0 Å². The first-order valence-electron chi connectivity index (χ1n) is 15.9. The Hall–Kier alpha value is -6.18. The van der Waals surface area contributed by atoms with Crippen LogP contribution in [0, 0.1) is 0 Å². The second-order valence-electron chi connectivity index (χ2n) is 12.2. The van der Waals surface area contributed by atoms with Crippen molar-refractivity contribution >= 4 is 58.6 Å². The Kier molecular flexibility index (Phi) is 7.98. The predicted octanol–water partition coefficient (Wildman–Crippen LogP) is 1.76. The molecule has 0 radical (unpaired) electrons. The molecule has 3 aromatic rings. The molecule has 0 aliphatic carbocycles. The van der Waals surface area contributed by atoms with E-state index >= 15 is 0 Å². The highest BCUT2D eigenvalue weighted by Gasteiger charge is 2.47. The van der Waals surface area contributed by atoms with Gasteiger partial charge in [0.15, 0.2) is 0 Å². The van der Waals surface area contributed by atoms with Gasteiger partial charge in [-0.15, -0.1) is 0 Å². The standard InChI is InChI=1S/C35H30N6O8/c42-26-13-11-24(30(44)38-26)40-32(46)20-3-1-5-22(28(20)34(40)48)36-16-15-18-7-9-19(10-8-18)17-37-23-6-2-4-21-29(23)35(49)41(33(21)47)25-12-14-27(43)39-31(25)45/h1-10,24-25,36-37H,11-17H2,(H,38,42,44)(H,39,43,45). The van der Waals surface area contributed by atoms with Gasteiger partial charge in [-0.3, -0.25) is 58.8 Å². The van der Waals surface area contributed by atoms with Crippen LogP contribution < -0.4 is 21.3 Å². The van der Waals surface area contributed by atoms with Gasteiger partial charge in [-0.05, 0) is 54.7 Å². The number of carbonyl (C=O) groups is 8. The van der Waals surface area contributed by atoms with Gasteiger partial charge in [0.2, 0.25) is 23.6 Å². The third kappa shape index (κ3) is 5.60. The zero-order valence-electron chi connectivity index (χ0n) is 26.0. The van der Waals surface area contributed by atoms with E-state index in [1.165, 1.54) is 0 Å². The van der Waals surface area contributed by atoms with Crippen LogP contribution in [-0.4, -0.2) is 75.7 Å². The molecule has 0 spiro atoms. The summed E-state index contributed by atoms with van der Waals surface area (Å²) in [5, 5.41) is 10.9. The number of carbonyl (C=O) groups excluding carboxylic acids is 8. The van der Waals surface area contributed by atoms with Crippen LogP contribution in [0.2, 0.25) is 0 Å². The number of amides is 8. The monoisotopic (exact) mass is 662 g/mol. The minimum absolute atomic E-state index is 0.0428. The van der Waals surface area contributed by atoms with Crippen LogP contribution in [0.1, 0.15) is 78.2 Å². The van der Waals surface area contributed by atoms with Crippen LogP contribution in [0.4, 0.5) is 11.4 Å². The summed E-state index contributed by atoms with van der Waals surface area (Å²) in [6, 6.07) is 15.5. The molecule has 8 amide bonds. The fourth-order valence-electron chi connectivity index (χ4n) is 6.69. The van der Waals surface area contributed by atoms with E-state index in [1.54, 1.807) is 36.4 Å². The molecule has 14 heteroatoms. The van der Waals surface area contributed by atoms with Gasteiger partial charge in [0.25, 0.3) is 23.6 Å². The first kappa shape index (κ1) is 31.4. The van der Waals surface area contributed by atoms with E-state index in [4.69, 9.17) is 0 Å². The van der Waals surface area contributed by atoms with Crippen LogP contribution in [0.25, 0.3) is 0 Å². The molecule has 4 aliphatic heterocycles. The molecule has 0 bridgehead atoms. The fraction of sp³-hybridized carbons (Fsp3) is 0.257. The highest BCUT2D eigenvalue weighted by molar-refractivity contribution is 6.26. The summed E-state index contributed by atoms with van der Waals surface area (Å²) >= 11 is 0. The SMILES string of the molecule is O=C1CCC(N2C(=O)c3cccc(NCCc4ccc(CNc5cccc6c5C(=O)N(C5CCC(=O)NC5=O)C6=O)cc4)c3C2=O)C(=O)N1. The van der Waals surface area contributed by atoms with E-state index in [0.717, 1.165) is 20.9 Å². The molecule has 0 aromatic heterocycles. The number of anilines is 2. The third-order valence-electron chi connectivity index (χ3n) is 9.17. The minimum Gasteiger partial charge on any atom is -0.384 e. The van der Waals surface area contributed by atoms with Crippen LogP contribution in [-0.2, 0) is 32.1 Å². The molecule has 4 aliphatic rings. The summed E-state index contributed by atoms with van der Waals surface area (Å²) in [6.45, 7) is 0.800. The lowest BCUT2D eigenvalue weighted by Gasteiger charge is -2.27. The first-order valence-corrected chi connectivity index (χ1v) is 15.9.